The molecule has 2 atom stereocenters. The first-order valence-corrected chi connectivity index (χ1v) is 6.72. The Hall–Kier alpha value is -1.80. The smallest absolute Gasteiger partial charge is 0.122 e. The summed E-state index contributed by atoms with van der Waals surface area (Å²) >= 11 is 0. The zero-order valence-electron chi connectivity index (χ0n) is 11.0. The number of aliphatic hydroxyl groups is 1. The summed E-state index contributed by atoms with van der Waals surface area (Å²) in [6.45, 7) is 2.72. The number of benzene rings is 2. The Morgan fingerprint density at radius 1 is 1.16 bits per heavy atom. The van der Waals surface area contributed by atoms with Crippen molar-refractivity contribution in [2.75, 3.05) is 6.61 Å². The molecule has 2 heteroatoms. The lowest BCUT2D eigenvalue weighted by molar-refractivity contribution is 0.117. The molecule has 1 aliphatic heterocycles. The third kappa shape index (κ3) is 2.36. The minimum Gasteiger partial charge on any atom is -0.493 e. The highest BCUT2D eigenvalue weighted by molar-refractivity contribution is 5.40. The fourth-order valence-corrected chi connectivity index (χ4v) is 2.78. The van der Waals surface area contributed by atoms with E-state index in [0.717, 1.165) is 23.3 Å². The molecule has 98 valence electrons. The van der Waals surface area contributed by atoms with Gasteiger partial charge in [0.15, 0.2) is 0 Å². The van der Waals surface area contributed by atoms with Gasteiger partial charge in [-0.15, -0.1) is 0 Å². The van der Waals surface area contributed by atoms with Gasteiger partial charge in [-0.25, -0.2) is 0 Å². The second-order valence-electron chi connectivity index (χ2n) is 5.14. The Morgan fingerprint density at radius 3 is 2.84 bits per heavy atom. The number of hydrogen-bond donors (Lipinski definition) is 1. The fraction of sp³-hybridized carbons (Fsp3) is 0.294. The van der Waals surface area contributed by atoms with Crippen LogP contribution in [0.25, 0.3) is 0 Å². The fourth-order valence-electron chi connectivity index (χ4n) is 2.78. The van der Waals surface area contributed by atoms with Gasteiger partial charge in [-0.3, -0.25) is 0 Å². The van der Waals surface area contributed by atoms with Gasteiger partial charge in [0.05, 0.1) is 12.7 Å². The molecular formula is C17H18O2. The Balaban J connectivity index is 1.95. The Morgan fingerprint density at radius 2 is 2.00 bits per heavy atom. The highest BCUT2D eigenvalue weighted by Crippen LogP contribution is 2.41. The van der Waals surface area contributed by atoms with Gasteiger partial charge in [0.1, 0.15) is 5.75 Å². The average Bonchev–Trinajstić information content (AvgIpc) is 2.46. The first-order valence-electron chi connectivity index (χ1n) is 6.72. The highest BCUT2D eigenvalue weighted by Gasteiger charge is 2.28. The SMILES string of the molecule is Cc1cccc(C(O)C2CCOc3ccccc32)c1. The van der Waals surface area contributed by atoms with E-state index in [4.69, 9.17) is 4.74 Å². The summed E-state index contributed by atoms with van der Waals surface area (Å²) in [5.74, 6) is 1.03. The van der Waals surface area contributed by atoms with E-state index >= 15 is 0 Å². The highest BCUT2D eigenvalue weighted by atomic mass is 16.5. The van der Waals surface area contributed by atoms with Crippen molar-refractivity contribution in [3.8, 4) is 5.75 Å². The molecule has 0 saturated heterocycles. The van der Waals surface area contributed by atoms with Crippen molar-refractivity contribution in [1.29, 1.82) is 0 Å². The number of para-hydroxylation sites is 1. The van der Waals surface area contributed by atoms with Gasteiger partial charge in [0.25, 0.3) is 0 Å². The molecular weight excluding hydrogens is 236 g/mol. The number of aryl methyl sites for hydroxylation is 1. The lowest BCUT2D eigenvalue weighted by Gasteiger charge is -2.29. The van der Waals surface area contributed by atoms with E-state index in [0.29, 0.717) is 6.61 Å². The van der Waals surface area contributed by atoms with E-state index in [-0.39, 0.29) is 5.92 Å². The van der Waals surface area contributed by atoms with Crippen LogP contribution in [0, 0.1) is 6.92 Å². The summed E-state index contributed by atoms with van der Waals surface area (Å²) in [5.41, 5.74) is 3.28. The maximum Gasteiger partial charge on any atom is 0.122 e. The second-order valence-corrected chi connectivity index (χ2v) is 5.14. The van der Waals surface area contributed by atoms with Gasteiger partial charge in [-0.1, -0.05) is 48.0 Å². The molecule has 2 nitrogen and oxygen atoms in total. The molecule has 0 aliphatic carbocycles. The van der Waals surface area contributed by atoms with Crippen LogP contribution < -0.4 is 4.74 Å². The largest absolute Gasteiger partial charge is 0.493 e. The van der Waals surface area contributed by atoms with Crippen molar-refractivity contribution in [3.63, 3.8) is 0 Å². The molecule has 0 bridgehead atoms. The Bertz CT molecular complexity index is 577. The Labute approximate surface area is 113 Å². The topological polar surface area (TPSA) is 29.5 Å². The molecule has 1 aliphatic rings. The lowest BCUT2D eigenvalue weighted by Crippen LogP contribution is -2.20. The quantitative estimate of drug-likeness (QED) is 0.887. The zero-order chi connectivity index (χ0) is 13.2. The number of rotatable bonds is 2. The Kier molecular flexibility index (Phi) is 3.26. The monoisotopic (exact) mass is 254 g/mol. The normalized spacial score (nSPS) is 19.4. The van der Waals surface area contributed by atoms with Gasteiger partial charge in [-0.2, -0.15) is 0 Å². The number of fused-ring (bicyclic) bond motifs is 1. The van der Waals surface area contributed by atoms with Crippen molar-refractivity contribution in [2.24, 2.45) is 0 Å². The van der Waals surface area contributed by atoms with E-state index < -0.39 is 6.10 Å². The first-order chi connectivity index (χ1) is 9.25. The molecule has 1 N–H and O–H groups in total. The summed E-state index contributed by atoms with van der Waals surface area (Å²) in [7, 11) is 0. The average molecular weight is 254 g/mol. The van der Waals surface area contributed by atoms with Crippen molar-refractivity contribution in [2.45, 2.75) is 25.4 Å². The molecule has 3 rings (SSSR count). The van der Waals surface area contributed by atoms with E-state index in [1.165, 1.54) is 5.56 Å². The second kappa shape index (κ2) is 5.06. The van der Waals surface area contributed by atoms with Crippen LogP contribution in [0.3, 0.4) is 0 Å². The molecule has 2 aromatic rings. The lowest BCUT2D eigenvalue weighted by atomic mass is 9.85. The molecule has 0 saturated carbocycles. The van der Waals surface area contributed by atoms with E-state index in [9.17, 15) is 5.11 Å². The van der Waals surface area contributed by atoms with E-state index in [2.05, 4.69) is 12.1 Å². The van der Waals surface area contributed by atoms with Gasteiger partial charge in [0.2, 0.25) is 0 Å². The first kappa shape index (κ1) is 12.2. The molecule has 0 fully saturated rings. The molecule has 1 heterocycles. The minimum absolute atomic E-state index is 0.117. The predicted molar refractivity (Wildman–Crippen MR) is 75.4 cm³/mol. The van der Waals surface area contributed by atoms with Crippen molar-refractivity contribution < 1.29 is 9.84 Å². The molecule has 0 spiro atoms. The predicted octanol–water partition coefficient (Wildman–Crippen LogP) is 3.59. The number of aliphatic hydroxyl groups excluding tert-OH is 1. The van der Waals surface area contributed by atoms with Crippen molar-refractivity contribution in [1.82, 2.24) is 0 Å². The van der Waals surface area contributed by atoms with Crippen molar-refractivity contribution >= 4 is 0 Å². The van der Waals surface area contributed by atoms with E-state index in [1.807, 2.05) is 43.3 Å². The molecule has 0 radical (unpaired) electrons. The molecule has 2 aromatic carbocycles. The maximum absolute atomic E-state index is 10.7. The van der Waals surface area contributed by atoms with Gasteiger partial charge in [0, 0.05) is 11.5 Å². The van der Waals surface area contributed by atoms with Crippen LogP contribution in [0.2, 0.25) is 0 Å². The van der Waals surface area contributed by atoms with Crippen LogP contribution in [0.5, 0.6) is 5.75 Å². The van der Waals surface area contributed by atoms with Gasteiger partial charge >= 0.3 is 0 Å². The minimum atomic E-state index is -0.468. The zero-order valence-corrected chi connectivity index (χ0v) is 11.0. The third-order valence-electron chi connectivity index (χ3n) is 3.77. The van der Waals surface area contributed by atoms with Crippen LogP contribution in [0.15, 0.2) is 48.5 Å². The van der Waals surface area contributed by atoms with Crippen LogP contribution in [-0.2, 0) is 0 Å². The summed E-state index contributed by atoms with van der Waals surface area (Å²) in [6, 6.07) is 16.1. The third-order valence-corrected chi connectivity index (χ3v) is 3.77. The number of ether oxygens (including phenoxy) is 1. The summed E-state index contributed by atoms with van der Waals surface area (Å²) in [6.07, 6.45) is 0.386. The molecule has 2 unspecified atom stereocenters. The van der Waals surface area contributed by atoms with Gasteiger partial charge in [-0.05, 0) is 25.0 Å². The van der Waals surface area contributed by atoms with Crippen molar-refractivity contribution in [3.05, 3.63) is 65.2 Å². The molecule has 0 aromatic heterocycles. The molecule has 19 heavy (non-hydrogen) atoms. The van der Waals surface area contributed by atoms with Gasteiger partial charge < -0.3 is 9.84 Å². The van der Waals surface area contributed by atoms with Crippen LogP contribution >= 0.6 is 0 Å². The van der Waals surface area contributed by atoms with E-state index in [1.54, 1.807) is 0 Å². The van der Waals surface area contributed by atoms with Crippen LogP contribution in [0.4, 0.5) is 0 Å². The standard InChI is InChI=1S/C17H18O2/c1-12-5-4-6-13(11-12)17(18)15-9-10-19-16-8-3-2-7-14(15)16/h2-8,11,15,17-18H,9-10H2,1H3. The van der Waals surface area contributed by atoms with Crippen LogP contribution in [0.1, 0.15) is 35.1 Å². The maximum atomic E-state index is 10.7. The summed E-state index contributed by atoms with van der Waals surface area (Å²) < 4.78 is 5.65. The summed E-state index contributed by atoms with van der Waals surface area (Å²) in [5, 5.41) is 10.7. The van der Waals surface area contributed by atoms with Crippen LogP contribution in [-0.4, -0.2) is 11.7 Å². The number of hydrogen-bond acceptors (Lipinski definition) is 2. The summed E-state index contributed by atoms with van der Waals surface area (Å²) in [4.78, 5) is 0. The molecule has 0 amide bonds.